The van der Waals surface area contributed by atoms with Gasteiger partial charge in [-0.25, -0.2) is 17.8 Å². The third-order valence-corrected chi connectivity index (χ3v) is 9.31. The van der Waals surface area contributed by atoms with E-state index in [-0.39, 0.29) is 28.6 Å². The number of fused-ring (bicyclic) bond motifs is 1. The largest absolute Gasteiger partial charge is 0.495 e. The number of hydrogen-bond donors (Lipinski definition) is 2. The van der Waals surface area contributed by atoms with E-state index in [1.54, 1.807) is 43.8 Å². The quantitative estimate of drug-likeness (QED) is 0.266. The van der Waals surface area contributed by atoms with Crippen molar-refractivity contribution in [2.75, 3.05) is 63.1 Å². The minimum absolute atomic E-state index is 0. The number of ether oxygens (including phenoxy) is 2. The van der Waals surface area contributed by atoms with Crippen molar-refractivity contribution in [1.82, 2.24) is 15.2 Å². The maximum Gasteiger partial charge on any atom is 0.261 e. The van der Waals surface area contributed by atoms with Crippen LogP contribution in [-0.2, 0) is 10.0 Å². The lowest BCUT2D eigenvalue weighted by Gasteiger charge is -2.34. The van der Waals surface area contributed by atoms with Gasteiger partial charge in [-0.3, -0.25) is 14.4 Å². The molecule has 0 saturated carbocycles. The Balaban J connectivity index is 0.00000405. The fraction of sp³-hybridized carbons (Fsp3) is 0.286. The lowest BCUT2D eigenvalue weighted by Crippen LogP contribution is -2.48. The molecule has 0 unspecified atom stereocenters. The van der Waals surface area contributed by atoms with Crippen molar-refractivity contribution in [3.63, 3.8) is 0 Å². The molecule has 1 aromatic heterocycles. The summed E-state index contributed by atoms with van der Waals surface area (Å²) in [5, 5.41) is 3.80. The molecule has 10 nitrogen and oxygen atoms in total. The zero-order valence-electron chi connectivity index (χ0n) is 23.0. The van der Waals surface area contributed by atoms with Gasteiger partial charge in [-0.05, 0) is 48.5 Å². The van der Waals surface area contributed by atoms with Gasteiger partial charge in [0.05, 0.1) is 30.4 Å². The highest BCUT2D eigenvalue weighted by atomic mass is 35.5. The van der Waals surface area contributed by atoms with Gasteiger partial charge in [-0.15, -0.1) is 12.4 Å². The molecule has 1 fully saturated rings. The molecule has 0 radical (unpaired) electrons. The van der Waals surface area contributed by atoms with Crippen molar-refractivity contribution in [3.05, 3.63) is 72.0 Å². The van der Waals surface area contributed by atoms with E-state index in [1.807, 2.05) is 12.1 Å². The first-order valence-electron chi connectivity index (χ1n) is 12.9. The number of aromatic nitrogens is 1. The number of methoxy groups -OCH3 is 2. The molecule has 1 amide bonds. The highest BCUT2D eigenvalue weighted by Gasteiger charge is 2.23. The van der Waals surface area contributed by atoms with Crippen molar-refractivity contribution < 1.29 is 27.1 Å². The lowest BCUT2D eigenvalue weighted by molar-refractivity contribution is 0.0948. The van der Waals surface area contributed by atoms with Crippen LogP contribution in [0.1, 0.15) is 10.4 Å². The molecular weight excluding hydrogens is 605 g/mol. The van der Waals surface area contributed by atoms with Gasteiger partial charge < -0.3 is 19.7 Å². The Kier molecular flexibility index (Phi) is 10.1. The van der Waals surface area contributed by atoms with E-state index in [0.717, 1.165) is 59.4 Å². The van der Waals surface area contributed by atoms with Crippen LogP contribution in [0.15, 0.2) is 65.6 Å². The molecule has 0 atom stereocenters. The molecule has 1 aliphatic heterocycles. The van der Waals surface area contributed by atoms with Crippen molar-refractivity contribution in [2.24, 2.45) is 0 Å². The van der Waals surface area contributed by atoms with Crippen molar-refractivity contribution in [2.45, 2.75) is 4.90 Å². The number of para-hydroxylation sites is 1. The number of piperazine rings is 1. The van der Waals surface area contributed by atoms with E-state index in [1.165, 1.54) is 18.2 Å². The summed E-state index contributed by atoms with van der Waals surface area (Å²) in [4.78, 5) is 22.2. The summed E-state index contributed by atoms with van der Waals surface area (Å²) in [5.74, 6) is 0.549. The van der Waals surface area contributed by atoms with Crippen LogP contribution in [0.4, 0.5) is 15.2 Å². The van der Waals surface area contributed by atoms with Gasteiger partial charge in [0.2, 0.25) is 0 Å². The van der Waals surface area contributed by atoms with E-state index >= 15 is 0 Å². The molecule has 0 spiro atoms. The minimum Gasteiger partial charge on any atom is -0.495 e. The molecule has 224 valence electrons. The molecule has 3 aromatic carbocycles. The number of carbonyl (C=O) groups excluding carboxylic acids is 1. The second kappa shape index (κ2) is 13.6. The van der Waals surface area contributed by atoms with Crippen LogP contribution in [0.5, 0.6) is 11.5 Å². The Morgan fingerprint density at radius 1 is 0.976 bits per heavy atom. The van der Waals surface area contributed by atoms with Crippen LogP contribution in [0.25, 0.3) is 10.2 Å². The first-order chi connectivity index (χ1) is 19.8. The number of anilines is 2. The van der Waals surface area contributed by atoms with Crippen LogP contribution < -0.4 is 24.4 Å². The van der Waals surface area contributed by atoms with Gasteiger partial charge in [0.15, 0.2) is 5.13 Å². The smallest absolute Gasteiger partial charge is 0.261 e. The van der Waals surface area contributed by atoms with Gasteiger partial charge in [0.1, 0.15) is 27.5 Å². The zero-order valence-corrected chi connectivity index (χ0v) is 25.5. The first kappa shape index (κ1) is 31.3. The number of hydrogen-bond acceptors (Lipinski definition) is 9. The average Bonchev–Trinajstić information content (AvgIpc) is 3.43. The van der Waals surface area contributed by atoms with Gasteiger partial charge >= 0.3 is 0 Å². The number of halogens is 2. The normalized spacial score (nSPS) is 13.8. The lowest BCUT2D eigenvalue weighted by atomic mass is 10.1. The number of amides is 1. The Morgan fingerprint density at radius 3 is 2.33 bits per heavy atom. The van der Waals surface area contributed by atoms with E-state index < -0.39 is 21.7 Å². The van der Waals surface area contributed by atoms with Crippen LogP contribution in [0, 0.1) is 5.82 Å². The molecule has 2 N–H and O–H groups in total. The molecular formula is C28H31ClFN5O5S2. The topological polar surface area (TPSA) is 113 Å². The number of benzene rings is 3. The van der Waals surface area contributed by atoms with Crippen molar-refractivity contribution in [1.29, 1.82) is 0 Å². The maximum absolute atomic E-state index is 13.2. The number of nitrogens with one attached hydrogen (secondary N) is 2. The fourth-order valence-electron chi connectivity index (χ4n) is 4.58. The van der Waals surface area contributed by atoms with E-state index in [0.29, 0.717) is 18.8 Å². The highest BCUT2D eigenvalue weighted by molar-refractivity contribution is 7.92. The van der Waals surface area contributed by atoms with Gasteiger partial charge in [-0.2, -0.15) is 0 Å². The van der Waals surface area contributed by atoms with Crippen LogP contribution >= 0.6 is 23.7 Å². The number of rotatable bonds is 10. The highest BCUT2D eigenvalue weighted by Crippen LogP contribution is 2.40. The summed E-state index contributed by atoms with van der Waals surface area (Å²) in [6, 6.07) is 14.6. The predicted molar refractivity (Wildman–Crippen MR) is 165 cm³/mol. The second-order valence-electron chi connectivity index (χ2n) is 9.33. The SMILES string of the molecule is COc1ccc(OC)c2sc(N3CCN(CCNC(=O)c4ccccc4NS(=O)(=O)c4ccc(F)cc4)CC3)nc12.Cl. The molecule has 42 heavy (non-hydrogen) atoms. The van der Waals surface area contributed by atoms with Crippen LogP contribution in [0.2, 0.25) is 0 Å². The fourth-order valence-corrected chi connectivity index (χ4v) is 6.79. The van der Waals surface area contributed by atoms with Crippen LogP contribution in [0.3, 0.4) is 0 Å². The number of thiazole rings is 1. The van der Waals surface area contributed by atoms with Gasteiger partial charge in [0, 0.05) is 39.3 Å². The standard InChI is InChI=1S/C28H30FN5O5S2.ClH/c1-38-23-11-12-24(39-2)26-25(23)31-28(40-26)34-17-15-33(16-18-34)14-13-30-27(35)21-5-3-4-6-22(21)32-41(36,37)20-9-7-19(29)8-10-20;/h3-12,32H,13-18H2,1-2H3,(H,30,35);1H. The zero-order chi connectivity index (χ0) is 29.0. The van der Waals surface area contributed by atoms with E-state index in [2.05, 4.69) is 19.8 Å². The third-order valence-electron chi connectivity index (χ3n) is 6.80. The summed E-state index contributed by atoms with van der Waals surface area (Å²) in [6.45, 7) is 4.21. The predicted octanol–water partition coefficient (Wildman–Crippen LogP) is 4.23. The Bertz CT molecular complexity index is 1600. The summed E-state index contributed by atoms with van der Waals surface area (Å²) in [5.41, 5.74) is 1.13. The van der Waals surface area contributed by atoms with Crippen molar-refractivity contribution >= 4 is 60.7 Å². The molecule has 1 aliphatic rings. The Hall–Kier alpha value is -3.65. The second-order valence-corrected chi connectivity index (χ2v) is 12.0. The Labute approximate surface area is 253 Å². The summed E-state index contributed by atoms with van der Waals surface area (Å²) >= 11 is 1.58. The monoisotopic (exact) mass is 635 g/mol. The summed E-state index contributed by atoms with van der Waals surface area (Å²) in [7, 11) is -0.727. The van der Waals surface area contributed by atoms with E-state index in [4.69, 9.17) is 14.5 Å². The molecule has 5 rings (SSSR count). The van der Waals surface area contributed by atoms with Crippen LogP contribution in [-0.4, -0.2) is 77.7 Å². The summed E-state index contributed by atoms with van der Waals surface area (Å²) < 4.78 is 53.1. The minimum atomic E-state index is -4.00. The number of carbonyl (C=O) groups is 1. The van der Waals surface area contributed by atoms with Crippen molar-refractivity contribution in [3.8, 4) is 11.5 Å². The molecule has 14 heteroatoms. The molecule has 4 aromatic rings. The molecule has 2 heterocycles. The van der Waals surface area contributed by atoms with E-state index in [9.17, 15) is 17.6 Å². The third kappa shape index (κ3) is 6.86. The van der Waals surface area contributed by atoms with Gasteiger partial charge in [0.25, 0.3) is 15.9 Å². The first-order valence-corrected chi connectivity index (χ1v) is 15.2. The number of nitrogens with zero attached hydrogens (tertiary/aromatic N) is 3. The van der Waals surface area contributed by atoms with Gasteiger partial charge in [-0.1, -0.05) is 23.5 Å². The molecule has 0 aliphatic carbocycles. The Morgan fingerprint density at radius 2 is 1.64 bits per heavy atom. The molecule has 0 bridgehead atoms. The maximum atomic E-state index is 13.2. The number of sulfonamides is 1. The summed E-state index contributed by atoms with van der Waals surface area (Å²) in [6.07, 6.45) is 0. The average molecular weight is 636 g/mol. The molecule has 1 saturated heterocycles.